The van der Waals surface area contributed by atoms with Crippen LogP contribution in [0, 0.1) is 0 Å². The zero-order valence-electron chi connectivity index (χ0n) is 15.8. The molecule has 5 nitrogen and oxygen atoms in total. The summed E-state index contributed by atoms with van der Waals surface area (Å²) in [5.74, 6) is 2.72. The zero-order chi connectivity index (χ0) is 20.1. The molecule has 0 atom stereocenters. The largest absolute Gasteiger partial charge is 0.497 e. The molecule has 1 aromatic heterocycles. The molecule has 29 heavy (non-hydrogen) atoms. The number of methoxy groups -OCH3 is 1. The van der Waals surface area contributed by atoms with Crippen LogP contribution in [-0.4, -0.2) is 17.3 Å². The van der Waals surface area contributed by atoms with Crippen LogP contribution >= 0.6 is 15.9 Å². The Kier molecular flexibility index (Phi) is 5.91. The molecule has 0 fully saturated rings. The highest BCUT2D eigenvalue weighted by Crippen LogP contribution is 2.25. The summed E-state index contributed by atoms with van der Waals surface area (Å²) in [6, 6.07) is 23.5. The summed E-state index contributed by atoms with van der Waals surface area (Å²) in [4.78, 5) is 0. The Morgan fingerprint density at radius 2 is 1.59 bits per heavy atom. The summed E-state index contributed by atoms with van der Waals surface area (Å²) < 4.78 is 17.8. The molecule has 0 radical (unpaired) electrons. The number of hydrogen-bond donors (Lipinski definition) is 0. The van der Waals surface area contributed by atoms with Crippen molar-refractivity contribution in [2.75, 3.05) is 7.11 Å². The van der Waals surface area contributed by atoms with Gasteiger partial charge in [-0.3, -0.25) is 0 Å². The van der Waals surface area contributed by atoms with Gasteiger partial charge in [-0.1, -0.05) is 36.4 Å². The quantitative estimate of drug-likeness (QED) is 0.362. The lowest BCUT2D eigenvalue weighted by atomic mass is 10.1. The molecule has 0 aliphatic rings. The molecule has 0 saturated heterocycles. The van der Waals surface area contributed by atoms with Gasteiger partial charge >= 0.3 is 0 Å². The van der Waals surface area contributed by atoms with E-state index < -0.39 is 0 Å². The van der Waals surface area contributed by atoms with E-state index in [9.17, 15) is 0 Å². The second-order valence-corrected chi connectivity index (χ2v) is 7.30. The third-order valence-corrected chi connectivity index (χ3v) is 5.07. The molecule has 0 saturated carbocycles. The fraction of sp³-hybridized carbons (Fsp3) is 0.130. The summed E-state index contributed by atoms with van der Waals surface area (Å²) in [6.45, 7) is 0.482. The predicted molar refractivity (Wildman–Crippen MR) is 114 cm³/mol. The normalized spacial score (nSPS) is 10.7. The standard InChI is InChI=1S/C23H19BrN2O3/c1-27-19-12-8-16(9-13-19)14-22-25-26-23(29-22)18-10-6-17(7-11-18)15-28-21-5-3-2-4-20(21)24/h2-13H,14-15H2,1H3. The van der Waals surface area contributed by atoms with Crippen molar-refractivity contribution in [1.29, 1.82) is 0 Å². The van der Waals surface area contributed by atoms with Crippen molar-refractivity contribution < 1.29 is 13.9 Å². The molecule has 6 heteroatoms. The van der Waals surface area contributed by atoms with Crippen LogP contribution in [0.3, 0.4) is 0 Å². The molecule has 1 heterocycles. The van der Waals surface area contributed by atoms with Crippen LogP contribution in [0.1, 0.15) is 17.0 Å². The van der Waals surface area contributed by atoms with Crippen molar-refractivity contribution >= 4 is 15.9 Å². The van der Waals surface area contributed by atoms with Crippen molar-refractivity contribution in [2.24, 2.45) is 0 Å². The van der Waals surface area contributed by atoms with E-state index in [4.69, 9.17) is 13.9 Å². The molecule has 0 N–H and O–H groups in total. The number of benzene rings is 3. The highest BCUT2D eigenvalue weighted by molar-refractivity contribution is 9.10. The highest BCUT2D eigenvalue weighted by Gasteiger charge is 2.10. The maximum Gasteiger partial charge on any atom is 0.247 e. The molecule has 4 rings (SSSR count). The minimum absolute atomic E-state index is 0.482. The Morgan fingerprint density at radius 1 is 0.862 bits per heavy atom. The first kappa shape index (κ1) is 19.2. The van der Waals surface area contributed by atoms with Gasteiger partial charge in [0.15, 0.2) is 0 Å². The van der Waals surface area contributed by atoms with Crippen LogP contribution in [0.2, 0.25) is 0 Å². The van der Waals surface area contributed by atoms with Gasteiger partial charge in [0.05, 0.1) is 18.0 Å². The van der Waals surface area contributed by atoms with E-state index in [0.717, 1.165) is 32.7 Å². The van der Waals surface area contributed by atoms with Gasteiger partial charge in [0.1, 0.15) is 18.1 Å². The maximum absolute atomic E-state index is 5.85. The summed E-state index contributed by atoms with van der Waals surface area (Å²) in [5.41, 5.74) is 3.02. The molecule has 0 spiro atoms. The lowest BCUT2D eigenvalue weighted by Gasteiger charge is -2.08. The van der Waals surface area contributed by atoms with Gasteiger partial charge in [-0.25, -0.2) is 0 Å². The molecule has 0 unspecified atom stereocenters. The van der Waals surface area contributed by atoms with E-state index in [1.165, 1.54) is 0 Å². The summed E-state index contributed by atoms with van der Waals surface area (Å²) in [7, 11) is 1.65. The van der Waals surface area contributed by atoms with E-state index in [1.54, 1.807) is 7.11 Å². The van der Waals surface area contributed by atoms with Crippen LogP contribution in [0.15, 0.2) is 81.7 Å². The fourth-order valence-electron chi connectivity index (χ4n) is 2.83. The van der Waals surface area contributed by atoms with Gasteiger partial charge in [-0.05, 0) is 63.5 Å². The number of aromatic nitrogens is 2. The summed E-state index contributed by atoms with van der Waals surface area (Å²) >= 11 is 3.49. The number of rotatable bonds is 7. The predicted octanol–water partition coefficient (Wildman–Crippen LogP) is 5.68. The molecule has 0 aliphatic carbocycles. The number of para-hydroxylation sites is 1. The molecule has 0 aliphatic heterocycles. The van der Waals surface area contributed by atoms with Crippen molar-refractivity contribution in [2.45, 2.75) is 13.0 Å². The lowest BCUT2D eigenvalue weighted by molar-refractivity contribution is 0.304. The molecule has 0 amide bonds. The van der Waals surface area contributed by atoms with Crippen LogP contribution < -0.4 is 9.47 Å². The topological polar surface area (TPSA) is 57.4 Å². The Morgan fingerprint density at radius 3 is 2.31 bits per heavy atom. The molecule has 146 valence electrons. The van der Waals surface area contributed by atoms with Crippen LogP contribution in [-0.2, 0) is 13.0 Å². The lowest BCUT2D eigenvalue weighted by Crippen LogP contribution is -1.95. The molecule has 3 aromatic carbocycles. The monoisotopic (exact) mass is 450 g/mol. The van der Waals surface area contributed by atoms with Crippen molar-refractivity contribution in [3.05, 3.63) is 94.3 Å². The first-order chi connectivity index (χ1) is 14.2. The number of hydrogen-bond acceptors (Lipinski definition) is 5. The third-order valence-electron chi connectivity index (χ3n) is 4.41. The highest BCUT2D eigenvalue weighted by atomic mass is 79.9. The molecular formula is C23H19BrN2O3. The Balaban J connectivity index is 1.39. The number of ether oxygens (including phenoxy) is 2. The van der Waals surface area contributed by atoms with E-state index in [-0.39, 0.29) is 0 Å². The average Bonchev–Trinajstić information content (AvgIpc) is 3.22. The van der Waals surface area contributed by atoms with E-state index in [2.05, 4.69) is 26.1 Å². The van der Waals surface area contributed by atoms with Crippen LogP contribution in [0.25, 0.3) is 11.5 Å². The number of nitrogens with zero attached hydrogens (tertiary/aromatic N) is 2. The second kappa shape index (κ2) is 8.92. The first-order valence-corrected chi connectivity index (χ1v) is 9.92. The summed E-state index contributed by atoms with van der Waals surface area (Å²) in [5, 5.41) is 8.33. The smallest absolute Gasteiger partial charge is 0.247 e. The SMILES string of the molecule is COc1ccc(Cc2nnc(-c3ccc(COc4ccccc4Br)cc3)o2)cc1. The van der Waals surface area contributed by atoms with Crippen molar-refractivity contribution in [3.63, 3.8) is 0 Å². The van der Waals surface area contributed by atoms with Crippen LogP contribution in [0.5, 0.6) is 11.5 Å². The van der Waals surface area contributed by atoms with Gasteiger partial charge in [-0.2, -0.15) is 0 Å². The van der Waals surface area contributed by atoms with Gasteiger partial charge in [0.25, 0.3) is 0 Å². The Hall–Kier alpha value is -3.12. The maximum atomic E-state index is 5.85. The van der Waals surface area contributed by atoms with Crippen LogP contribution in [0.4, 0.5) is 0 Å². The van der Waals surface area contributed by atoms with Gasteiger partial charge in [-0.15, -0.1) is 10.2 Å². The van der Waals surface area contributed by atoms with E-state index >= 15 is 0 Å². The summed E-state index contributed by atoms with van der Waals surface area (Å²) in [6.07, 6.45) is 0.578. The third kappa shape index (κ3) is 4.84. The molecule has 0 bridgehead atoms. The van der Waals surface area contributed by atoms with Gasteiger partial charge < -0.3 is 13.9 Å². The van der Waals surface area contributed by atoms with E-state index in [0.29, 0.717) is 24.8 Å². The number of halogens is 1. The van der Waals surface area contributed by atoms with Crippen molar-refractivity contribution in [3.8, 4) is 23.0 Å². The fourth-order valence-corrected chi connectivity index (χ4v) is 3.23. The Labute approximate surface area is 177 Å². The van der Waals surface area contributed by atoms with Crippen molar-refractivity contribution in [1.82, 2.24) is 10.2 Å². The molecular weight excluding hydrogens is 432 g/mol. The van der Waals surface area contributed by atoms with Gasteiger partial charge in [0, 0.05) is 5.56 Å². The van der Waals surface area contributed by atoms with Gasteiger partial charge in [0.2, 0.25) is 11.8 Å². The minimum Gasteiger partial charge on any atom is -0.497 e. The first-order valence-electron chi connectivity index (χ1n) is 9.13. The Bertz CT molecular complexity index is 1080. The van der Waals surface area contributed by atoms with E-state index in [1.807, 2.05) is 72.8 Å². The molecule has 4 aromatic rings. The zero-order valence-corrected chi connectivity index (χ0v) is 17.4. The average molecular weight is 451 g/mol. The minimum atomic E-state index is 0.482. The second-order valence-electron chi connectivity index (χ2n) is 6.44.